The van der Waals surface area contributed by atoms with Crippen LogP contribution in [0.5, 0.6) is 11.5 Å². The second kappa shape index (κ2) is 5.31. The van der Waals surface area contributed by atoms with E-state index in [9.17, 15) is 19.8 Å². The molecule has 0 aliphatic rings. The molecule has 0 saturated heterocycles. The summed E-state index contributed by atoms with van der Waals surface area (Å²) in [5.41, 5.74) is -0.446. The second-order valence-electron chi connectivity index (χ2n) is 4.66. The minimum absolute atomic E-state index is 0.0805. The second-order valence-corrected chi connectivity index (χ2v) is 5.58. The monoisotopic (exact) mass is 360 g/mol. The summed E-state index contributed by atoms with van der Waals surface area (Å²) in [6, 6.07) is 10.1. The molecule has 3 rings (SSSR count). The first kappa shape index (κ1) is 14.3. The topological polar surface area (TPSA) is 87.7 Å². The van der Waals surface area contributed by atoms with Crippen molar-refractivity contribution in [1.82, 2.24) is 0 Å². The van der Waals surface area contributed by atoms with Crippen LogP contribution in [0.4, 0.5) is 0 Å². The van der Waals surface area contributed by atoms with Crippen LogP contribution in [0.15, 0.2) is 56.1 Å². The molecule has 5 nitrogen and oxygen atoms in total. The number of phenols is 2. The van der Waals surface area contributed by atoms with Crippen LogP contribution in [0, 0.1) is 0 Å². The fourth-order valence-corrected chi connectivity index (χ4v) is 2.45. The number of hydrogen-bond donors (Lipinski definition) is 2. The summed E-state index contributed by atoms with van der Waals surface area (Å²) in [7, 11) is 0. The van der Waals surface area contributed by atoms with E-state index in [-0.39, 0.29) is 16.9 Å². The third kappa shape index (κ3) is 2.48. The van der Waals surface area contributed by atoms with Gasteiger partial charge in [-0.05, 0) is 42.5 Å². The summed E-state index contributed by atoms with van der Waals surface area (Å²) < 4.78 is 5.92. The van der Waals surface area contributed by atoms with E-state index in [0.717, 1.165) is 10.5 Å². The van der Waals surface area contributed by atoms with E-state index in [2.05, 4.69) is 15.9 Å². The number of fused-ring (bicyclic) bond motifs is 1. The van der Waals surface area contributed by atoms with Crippen LogP contribution in [0.2, 0.25) is 0 Å². The highest BCUT2D eigenvalue weighted by molar-refractivity contribution is 9.10. The molecule has 0 unspecified atom stereocenters. The molecule has 2 aromatic carbocycles. The molecule has 3 aromatic rings. The molecule has 0 amide bonds. The molecule has 22 heavy (non-hydrogen) atoms. The molecular weight excluding hydrogens is 352 g/mol. The van der Waals surface area contributed by atoms with Gasteiger partial charge >= 0.3 is 5.63 Å². The maximum atomic E-state index is 12.4. The number of ketones is 1. The lowest BCUT2D eigenvalue weighted by Crippen LogP contribution is -2.14. The van der Waals surface area contributed by atoms with Crippen LogP contribution < -0.4 is 5.63 Å². The summed E-state index contributed by atoms with van der Waals surface area (Å²) in [4.78, 5) is 24.4. The molecule has 1 heterocycles. The van der Waals surface area contributed by atoms with Gasteiger partial charge in [-0.1, -0.05) is 15.9 Å². The summed E-state index contributed by atoms with van der Waals surface area (Å²) in [5.74, 6) is -1.37. The Morgan fingerprint density at radius 1 is 1.00 bits per heavy atom. The lowest BCUT2D eigenvalue weighted by molar-refractivity contribution is 0.103. The molecule has 2 N–H and O–H groups in total. The normalized spacial score (nSPS) is 10.8. The van der Waals surface area contributed by atoms with Crippen LogP contribution in [-0.4, -0.2) is 16.0 Å². The Bertz CT molecular complexity index is 958. The molecular formula is C16H9BrO5. The first-order chi connectivity index (χ1) is 10.5. The Balaban J connectivity index is 2.16. The highest BCUT2D eigenvalue weighted by Crippen LogP contribution is 2.26. The Morgan fingerprint density at radius 3 is 2.50 bits per heavy atom. The van der Waals surface area contributed by atoms with Crippen LogP contribution in [0.25, 0.3) is 11.0 Å². The van der Waals surface area contributed by atoms with Crippen molar-refractivity contribution in [3.8, 4) is 11.5 Å². The number of carbonyl (C=O) groups is 1. The van der Waals surface area contributed by atoms with E-state index in [1.807, 2.05) is 0 Å². The van der Waals surface area contributed by atoms with Gasteiger partial charge in [-0.25, -0.2) is 4.79 Å². The van der Waals surface area contributed by atoms with Crippen molar-refractivity contribution in [2.24, 2.45) is 0 Å². The molecule has 0 fully saturated rings. The minimum Gasteiger partial charge on any atom is -0.504 e. The third-order valence-corrected chi connectivity index (χ3v) is 3.67. The van der Waals surface area contributed by atoms with Crippen molar-refractivity contribution in [3.63, 3.8) is 0 Å². The van der Waals surface area contributed by atoms with Crippen molar-refractivity contribution < 1.29 is 19.4 Å². The van der Waals surface area contributed by atoms with Gasteiger partial charge in [-0.15, -0.1) is 0 Å². The van der Waals surface area contributed by atoms with Crippen molar-refractivity contribution in [1.29, 1.82) is 0 Å². The molecule has 0 radical (unpaired) electrons. The molecule has 0 aliphatic heterocycles. The van der Waals surface area contributed by atoms with Gasteiger partial charge in [0.25, 0.3) is 0 Å². The average molecular weight is 361 g/mol. The van der Waals surface area contributed by atoms with Gasteiger partial charge in [0, 0.05) is 15.4 Å². The van der Waals surface area contributed by atoms with Crippen molar-refractivity contribution in [3.05, 3.63) is 68.5 Å². The average Bonchev–Trinajstić information content (AvgIpc) is 2.49. The molecule has 0 atom stereocenters. The van der Waals surface area contributed by atoms with Gasteiger partial charge in [-0.2, -0.15) is 0 Å². The molecule has 1 aromatic heterocycles. The van der Waals surface area contributed by atoms with Gasteiger partial charge in [0.2, 0.25) is 5.78 Å². The maximum Gasteiger partial charge on any atom is 0.347 e. The van der Waals surface area contributed by atoms with Crippen molar-refractivity contribution in [2.45, 2.75) is 0 Å². The highest BCUT2D eigenvalue weighted by atomic mass is 79.9. The zero-order valence-electron chi connectivity index (χ0n) is 11.0. The Kier molecular flexibility index (Phi) is 3.46. The molecule has 0 bridgehead atoms. The van der Waals surface area contributed by atoms with E-state index in [4.69, 9.17) is 4.42 Å². The van der Waals surface area contributed by atoms with Gasteiger partial charge in [0.1, 0.15) is 11.1 Å². The zero-order chi connectivity index (χ0) is 15.9. The number of phenolic OH excluding ortho intramolecular Hbond substituents is 2. The first-order valence-electron chi connectivity index (χ1n) is 6.26. The number of benzene rings is 2. The highest BCUT2D eigenvalue weighted by Gasteiger charge is 2.17. The lowest BCUT2D eigenvalue weighted by atomic mass is 10.0. The van der Waals surface area contributed by atoms with Crippen LogP contribution in [0.1, 0.15) is 15.9 Å². The Morgan fingerprint density at radius 2 is 1.77 bits per heavy atom. The van der Waals surface area contributed by atoms with Crippen molar-refractivity contribution >= 4 is 32.7 Å². The Labute approximate surface area is 132 Å². The molecule has 0 saturated carbocycles. The quantitative estimate of drug-likeness (QED) is 0.416. The SMILES string of the molecule is O=C(c1ccc(O)c(O)c1)c1cc2cc(Br)ccc2oc1=O. The van der Waals surface area contributed by atoms with Gasteiger partial charge in [0.15, 0.2) is 11.5 Å². The third-order valence-electron chi connectivity index (χ3n) is 3.18. The van der Waals surface area contributed by atoms with E-state index >= 15 is 0 Å². The van der Waals surface area contributed by atoms with Crippen LogP contribution in [0.3, 0.4) is 0 Å². The number of aromatic hydroxyl groups is 2. The number of halogens is 1. The number of carbonyl (C=O) groups excluding carboxylic acids is 1. The van der Waals surface area contributed by atoms with E-state index in [0.29, 0.717) is 11.0 Å². The molecule has 110 valence electrons. The number of rotatable bonds is 2. The largest absolute Gasteiger partial charge is 0.504 e. The fraction of sp³-hybridized carbons (Fsp3) is 0. The van der Waals surface area contributed by atoms with E-state index in [1.54, 1.807) is 18.2 Å². The zero-order valence-corrected chi connectivity index (χ0v) is 12.6. The van der Waals surface area contributed by atoms with Crippen molar-refractivity contribution in [2.75, 3.05) is 0 Å². The smallest absolute Gasteiger partial charge is 0.347 e. The predicted octanol–water partition coefficient (Wildman–Crippen LogP) is 3.20. The molecule has 0 aliphatic carbocycles. The standard InChI is InChI=1S/C16H9BrO5/c17-10-2-4-14-9(5-10)6-11(16(21)22-14)15(20)8-1-3-12(18)13(19)7-8/h1-7,18-19H. The van der Waals surface area contributed by atoms with E-state index < -0.39 is 17.2 Å². The fourth-order valence-electron chi connectivity index (χ4n) is 2.07. The number of hydrogen-bond acceptors (Lipinski definition) is 5. The Hall–Kier alpha value is -2.60. The summed E-state index contributed by atoms with van der Waals surface area (Å²) in [6.45, 7) is 0. The van der Waals surface area contributed by atoms with Crippen LogP contribution >= 0.6 is 15.9 Å². The summed E-state index contributed by atoms with van der Waals surface area (Å²) in [6.07, 6.45) is 0. The first-order valence-corrected chi connectivity index (χ1v) is 7.05. The molecule has 6 heteroatoms. The lowest BCUT2D eigenvalue weighted by Gasteiger charge is -2.04. The maximum absolute atomic E-state index is 12.4. The summed E-state index contributed by atoms with van der Waals surface area (Å²) >= 11 is 3.31. The van der Waals surface area contributed by atoms with Gasteiger partial charge < -0.3 is 14.6 Å². The minimum atomic E-state index is -0.757. The molecule has 0 spiro atoms. The summed E-state index contributed by atoms with van der Waals surface area (Å²) in [5, 5.41) is 19.3. The van der Waals surface area contributed by atoms with Crippen LogP contribution in [-0.2, 0) is 0 Å². The van der Waals surface area contributed by atoms with E-state index in [1.165, 1.54) is 18.2 Å². The van der Waals surface area contributed by atoms with Gasteiger partial charge in [0.05, 0.1) is 0 Å². The van der Waals surface area contributed by atoms with Gasteiger partial charge in [-0.3, -0.25) is 4.79 Å². The predicted molar refractivity (Wildman–Crippen MR) is 83.4 cm³/mol.